The standard InChI is InChI=1S/C12H20N2O4S/c1-10-7-12(13-18-10)9-19(16,17)14-5-2-3-11(8-14)4-6-15/h7,11,15H,2-6,8-9H2,1H3. The fourth-order valence-corrected chi connectivity index (χ4v) is 4.00. The van der Waals surface area contributed by atoms with Crippen LogP contribution in [0, 0.1) is 12.8 Å². The molecule has 1 unspecified atom stereocenters. The first-order chi connectivity index (χ1) is 9.01. The smallest absolute Gasteiger partial charge is 0.219 e. The molecule has 1 aliphatic heterocycles. The van der Waals surface area contributed by atoms with Crippen LogP contribution in [0.15, 0.2) is 10.6 Å². The van der Waals surface area contributed by atoms with Crippen molar-refractivity contribution < 1.29 is 18.0 Å². The number of hydrogen-bond acceptors (Lipinski definition) is 5. The Hall–Kier alpha value is -0.920. The Morgan fingerprint density at radius 2 is 2.37 bits per heavy atom. The van der Waals surface area contributed by atoms with Gasteiger partial charge < -0.3 is 9.63 Å². The van der Waals surface area contributed by atoms with Crippen LogP contribution in [0.4, 0.5) is 0 Å². The number of aryl methyl sites for hydroxylation is 1. The molecule has 0 spiro atoms. The van der Waals surface area contributed by atoms with E-state index in [4.69, 9.17) is 9.63 Å². The van der Waals surface area contributed by atoms with E-state index in [-0.39, 0.29) is 18.3 Å². The van der Waals surface area contributed by atoms with Crippen LogP contribution >= 0.6 is 0 Å². The molecule has 1 fully saturated rings. The summed E-state index contributed by atoms with van der Waals surface area (Å²) in [5, 5.41) is 12.7. The number of aliphatic hydroxyl groups excluding tert-OH is 1. The molecule has 7 heteroatoms. The van der Waals surface area contributed by atoms with Gasteiger partial charge in [0.1, 0.15) is 17.2 Å². The second-order valence-electron chi connectivity index (χ2n) is 5.06. The predicted molar refractivity (Wildman–Crippen MR) is 69.9 cm³/mol. The van der Waals surface area contributed by atoms with E-state index in [0.29, 0.717) is 31.0 Å². The zero-order valence-electron chi connectivity index (χ0n) is 11.1. The highest BCUT2D eigenvalue weighted by molar-refractivity contribution is 7.88. The van der Waals surface area contributed by atoms with Crippen molar-refractivity contribution in [3.05, 3.63) is 17.5 Å². The Morgan fingerprint density at radius 1 is 1.58 bits per heavy atom. The molecule has 19 heavy (non-hydrogen) atoms. The summed E-state index contributed by atoms with van der Waals surface area (Å²) in [4.78, 5) is 0. The van der Waals surface area contributed by atoms with Crippen molar-refractivity contribution in [3.8, 4) is 0 Å². The largest absolute Gasteiger partial charge is 0.396 e. The summed E-state index contributed by atoms with van der Waals surface area (Å²) in [6.45, 7) is 2.91. The lowest BCUT2D eigenvalue weighted by atomic mass is 9.97. The van der Waals surface area contributed by atoms with Crippen molar-refractivity contribution in [2.24, 2.45) is 5.92 Å². The van der Waals surface area contributed by atoms with Crippen LogP contribution in [0.25, 0.3) is 0 Å². The van der Waals surface area contributed by atoms with E-state index in [1.54, 1.807) is 13.0 Å². The van der Waals surface area contributed by atoms with Gasteiger partial charge in [0, 0.05) is 25.8 Å². The number of aromatic nitrogens is 1. The van der Waals surface area contributed by atoms with Gasteiger partial charge >= 0.3 is 0 Å². The zero-order valence-corrected chi connectivity index (χ0v) is 11.9. The molecule has 108 valence electrons. The lowest BCUT2D eigenvalue weighted by Crippen LogP contribution is -2.40. The van der Waals surface area contributed by atoms with Gasteiger partial charge in [-0.05, 0) is 32.1 Å². The van der Waals surface area contributed by atoms with E-state index in [1.807, 2.05) is 0 Å². The van der Waals surface area contributed by atoms with Gasteiger partial charge in [0.05, 0.1) is 0 Å². The number of piperidine rings is 1. The highest BCUT2D eigenvalue weighted by Gasteiger charge is 2.29. The SMILES string of the molecule is Cc1cc(CS(=O)(=O)N2CCCC(CCO)C2)no1. The summed E-state index contributed by atoms with van der Waals surface area (Å²) in [7, 11) is -3.35. The maximum atomic E-state index is 12.3. The van der Waals surface area contributed by atoms with E-state index in [0.717, 1.165) is 12.8 Å². The first kappa shape index (κ1) is 14.5. The molecule has 1 saturated heterocycles. The summed E-state index contributed by atoms with van der Waals surface area (Å²) in [5.74, 6) is 0.755. The molecule has 1 atom stereocenters. The third kappa shape index (κ3) is 3.77. The number of nitrogens with zero attached hydrogens (tertiary/aromatic N) is 2. The van der Waals surface area contributed by atoms with Gasteiger partial charge in [-0.25, -0.2) is 12.7 Å². The Labute approximate surface area is 113 Å². The average molecular weight is 288 g/mol. The van der Waals surface area contributed by atoms with Crippen LogP contribution in [0.2, 0.25) is 0 Å². The Bertz CT molecular complexity index is 510. The van der Waals surface area contributed by atoms with Crippen LogP contribution < -0.4 is 0 Å². The molecular formula is C12H20N2O4S. The topological polar surface area (TPSA) is 83.6 Å². The quantitative estimate of drug-likeness (QED) is 0.870. The summed E-state index contributed by atoms with van der Waals surface area (Å²) in [6.07, 6.45) is 2.49. The molecule has 2 rings (SSSR count). The minimum Gasteiger partial charge on any atom is -0.396 e. The first-order valence-corrected chi connectivity index (χ1v) is 8.13. The van der Waals surface area contributed by atoms with Crippen molar-refractivity contribution in [2.75, 3.05) is 19.7 Å². The third-order valence-corrected chi connectivity index (χ3v) is 5.20. The summed E-state index contributed by atoms with van der Waals surface area (Å²) in [6, 6.07) is 1.65. The Morgan fingerprint density at radius 3 is 3.00 bits per heavy atom. The minimum atomic E-state index is -3.35. The van der Waals surface area contributed by atoms with Crippen LogP contribution in [-0.2, 0) is 15.8 Å². The summed E-state index contributed by atoms with van der Waals surface area (Å²) in [5.41, 5.74) is 0.446. The van der Waals surface area contributed by atoms with Gasteiger partial charge in [-0.2, -0.15) is 0 Å². The van der Waals surface area contributed by atoms with Gasteiger partial charge in [-0.1, -0.05) is 5.16 Å². The molecule has 0 saturated carbocycles. The van der Waals surface area contributed by atoms with Crippen LogP contribution in [0.1, 0.15) is 30.7 Å². The minimum absolute atomic E-state index is 0.112. The van der Waals surface area contributed by atoms with Crippen molar-refractivity contribution in [1.82, 2.24) is 9.46 Å². The van der Waals surface area contributed by atoms with Crippen LogP contribution in [0.5, 0.6) is 0 Å². The molecule has 1 aromatic rings. The second-order valence-corrected chi connectivity index (χ2v) is 7.03. The maximum Gasteiger partial charge on any atom is 0.219 e. The van der Waals surface area contributed by atoms with E-state index >= 15 is 0 Å². The van der Waals surface area contributed by atoms with Gasteiger partial charge in [0.2, 0.25) is 10.0 Å². The Balaban J connectivity index is 2.02. The van der Waals surface area contributed by atoms with E-state index < -0.39 is 10.0 Å². The van der Waals surface area contributed by atoms with Crippen LogP contribution in [0.3, 0.4) is 0 Å². The molecule has 0 radical (unpaired) electrons. The first-order valence-electron chi connectivity index (χ1n) is 6.52. The highest BCUT2D eigenvalue weighted by Crippen LogP contribution is 2.23. The zero-order chi connectivity index (χ0) is 13.9. The fourth-order valence-electron chi connectivity index (χ4n) is 2.46. The molecule has 1 N–H and O–H groups in total. The molecule has 0 amide bonds. The van der Waals surface area contributed by atoms with E-state index in [9.17, 15) is 8.42 Å². The lowest BCUT2D eigenvalue weighted by Gasteiger charge is -2.31. The fraction of sp³-hybridized carbons (Fsp3) is 0.750. The maximum absolute atomic E-state index is 12.3. The van der Waals surface area contributed by atoms with E-state index in [2.05, 4.69) is 5.16 Å². The number of hydrogen-bond donors (Lipinski definition) is 1. The summed E-state index contributed by atoms with van der Waals surface area (Å²) >= 11 is 0. The van der Waals surface area contributed by atoms with Crippen molar-refractivity contribution >= 4 is 10.0 Å². The molecule has 0 aliphatic carbocycles. The van der Waals surface area contributed by atoms with Gasteiger partial charge in [0.15, 0.2) is 0 Å². The molecule has 1 aromatic heterocycles. The second kappa shape index (κ2) is 6.02. The molecular weight excluding hydrogens is 268 g/mol. The number of sulfonamides is 1. The third-order valence-electron chi connectivity index (χ3n) is 3.42. The van der Waals surface area contributed by atoms with Crippen molar-refractivity contribution in [1.29, 1.82) is 0 Å². The molecule has 2 heterocycles. The predicted octanol–water partition coefficient (Wildman–Crippen LogP) is 0.907. The molecule has 0 bridgehead atoms. The average Bonchev–Trinajstić information content (AvgIpc) is 2.75. The van der Waals surface area contributed by atoms with Crippen molar-refractivity contribution in [2.45, 2.75) is 31.9 Å². The number of aliphatic hydroxyl groups is 1. The lowest BCUT2D eigenvalue weighted by molar-refractivity contribution is 0.202. The summed E-state index contributed by atoms with van der Waals surface area (Å²) < 4.78 is 31.0. The molecule has 1 aliphatic rings. The van der Waals surface area contributed by atoms with Gasteiger partial charge in [0.25, 0.3) is 0 Å². The van der Waals surface area contributed by atoms with Gasteiger partial charge in [-0.3, -0.25) is 0 Å². The van der Waals surface area contributed by atoms with E-state index in [1.165, 1.54) is 4.31 Å². The van der Waals surface area contributed by atoms with Crippen molar-refractivity contribution in [3.63, 3.8) is 0 Å². The van der Waals surface area contributed by atoms with Crippen LogP contribution in [-0.4, -0.2) is 42.7 Å². The van der Waals surface area contributed by atoms with Gasteiger partial charge in [-0.15, -0.1) is 0 Å². The normalized spacial score (nSPS) is 21.7. The molecule has 6 nitrogen and oxygen atoms in total. The monoisotopic (exact) mass is 288 g/mol. The molecule has 0 aromatic carbocycles. The number of rotatable bonds is 5. The highest BCUT2D eigenvalue weighted by atomic mass is 32.2. The Kier molecular flexibility index (Phi) is 4.59.